The maximum absolute atomic E-state index is 13.4. The molecule has 0 aliphatic heterocycles. The molecule has 3 unspecified atom stereocenters. The van der Waals surface area contributed by atoms with Crippen molar-refractivity contribution in [3.8, 4) is 0 Å². The molecule has 3 rings (SSSR count). The zero-order valence-electron chi connectivity index (χ0n) is 12.9. The van der Waals surface area contributed by atoms with Crippen LogP contribution >= 0.6 is 0 Å². The van der Waals surface area contributed by atoms with E-state index in [0.29, 0.717) is 11.8 Å². The highest BCUT2D eigenvalue weighted by Gasteiger charge is 2.32. The largest absolute Gasteiger partial charge is 0.459 e. The van der Waals surface area contributed by atoms with E-state index >= 15 is 0 Å². The number of hydrogen-bond acceptors (Lipinski definition) is 2. The minimum absolute atomic E-state index is 0.0780. The summed E-state index contributed by atoms with van der Waals surface area (Å²) >= 11 is 0. The van der Waals surface area contributed by atoms with Crippen molar-refractivity contribution in [1.29, 1.82) is 0 Å². The fourth-order valence-corrected chi connectivity index (χ4v) is 3.94. The molecule has 21 heavy (non-hydrogen) atoms. The maximum Gasteiger partial charge on any atom is 0.134 e. The summed E-state index contributed by atoms with van der Waals surface area (Å²) < 4.78 is 19.4. The molecular formula is C18H24FNO. The van der Waals surface area contributed by atoms with Crippen molar-refractivity contribution >= 4 is 11.0 Å². The van der Waals surface area contributed by atoms with Crippen LogP contribution in [-0.2, 0) is 0 Å². The van der Waals surface area contributed by atoms with Gasteiger partial charge in [0.1, 0.15) is 17.2 Å². The highest BCUT2D eigenvalue weighted by atomic mass is 19.1. The molecule has 0 radical (unpaired) electrons. The van der Waals surface area contributed by atoms with Gasteiger partial charge in [-0.05, 0) is 43.4 Å². The fraction of sp³-hybridized carbons (Fsp3) is 0.556. The molecule has 1 saturated carbocycles. The SMILES string of the molecule is CCC1CCCCC1C(N)c1oc2ccc(F)cc2c1C. The van der Waals surface area contributed by atoms with Crippen LogP contribution in [0.15, 0.2) is 22.6 Å². The van der Waals surface area contributed by atoms with Crippen LogP contribution in [0.3, 0.4) is 0 Å². The van der Waals surface area contributed by atoms with Crippen molar-refractivity contribution in [1.82, 2.24) is 0 Å². The first-order valence-corrected chi connectivity index (χ1v) is 8.06. The Morgan fingerprint density at radius 3 is 2.86 bits per heavy atom. The Morgan fingerprint density at radius 1 is 1.33 bits per heavy atom. The van der Waals surface area contributed by atoms with Gasteiger partial charge in [0.15, 0.2) is 0 Å². The summed E-state index contributed by atoms with van der Waals surface area (Å²) in [4.78, 5) is 0. The molecule has 1 heterocycles. The molecule has 1 aromatic carbocycles. The van der Waals surface area contributed by atoms with Crippen molar-refractivity contribution in [3.05, 3.63) is 35.3 Å². The average molecular weight is 289 g/mol. The average Bonchev–Trinajstić information content (AvgIpc) is 2.83. The van der Waals surface area contributed by atoms with Gasteiger partial charge in [-0.25, -0.2) is 4.39 Å². The lowest BCUT2D eigenvalue weighted by Gasteiger charge is -2.34. The van der Waals surface area contributed by atoms with Gasteiger partial charge in [0.25, 0.3) is 0 Å². The number of halogens is 1. The zero-order valence-corrected chi connectivity index (χ0v) is 12.9. The number of furan rings is 1. The molecule has 2 nitrogen and oxygen atoms in total. The molecule has 0 saturated heterocycles. The summed E-state index contributed by atoms with van der Waals surface area (Å²) in [7, 11) is 0. The minimum Gasteiger partial charge on any atom is -0.459 e. The van der Waals surface area contributed by atoms with Crippen LogP contribution in [0.25, 0.3) is 11.0 Å². The van der Waals surface area contributed by atoms with E-state index in [4.69, 9.17) is 10.2 Å². The van der Waals surface area contributed by atoms with Crippen LogP contribution in [0.1, 0.15) is 56.4 Å². The summed E-state index contributed by atoms with van der Waals surface area (Å²) in [6.07, 6.45) is 6.17. The molecule has 1 aliphatic carbocycles. The normalized spacial score (nSPS) is 24.4. The summed E-state index contributed by atoms with van der Waals surface area (Å²) in [5.74, 6) is 1.78. The van der Waals surface area contributed by atoms with E-state index in [9.17, 15) is 4.39 Å². The van der Waals surface area contributed by atoms with Crippen LogP contribution in [-0.4, -0.2) is 0 Å². The fourth-order valence-electron chi connectivity index (χ4n) is 3.94. The predicted octanol–water partition coefficient (Wildman–Crippen LogP) is 5.10. The molecule has 0 spiro atoms. The second kappa shape index (κ2) is 5.80. The first-order valence-electron chi connectivity index (χ1n) is 8.06. The van der Waals surface area contributed by atoms with Crippen LogP contribution in [0.2, 0.25) is 0 Å². The Bertz CT molecular complexity index is 633. The molecule has 2 N–H and O–H groups in total. The Morgan fingerprint density at radius 2 is 2.10 bits per heavy atom. The third-order valence-corrected chi connectivity index (χ3v) is 5.19. The Hall–Kier alpha value is -1.35. The Kier molecular flexibility index (Phi) is 4.03. The number of aryl methyl sites for hydroxylation is 1. The van der Waals surface area contributed by atoms with Gasteiger partial charge < -0.3 is 10.2 Å². The van der Waals surface area contributed by atoms with Crippen LogP contribution in [0.4, 0.5) is 4.39 Å². The minimum atomic E-state index is -0.226. The molecule has 0 bridgehead atoms. The number of fused-ring (bicyclic) bond motifs is 1. The van der Waals surface area contributed by atoms with Crippen molar-refractivity contribution in [3.63, 3.8) is 0 Å². The van der Waals surface area contributed by atoms with Gasteiger partial charge in [0.2, 0.25) is 0 Å². The van der Waals surface area contributed by atoms with E-state index < -0.39 is 0 Å². The van der Waals surface area contributed by atoms with Crippen LogP contribution in [0.5, 0.6) is 0 Å². The van der Waals surface area contributed by atoms with Crippen molar-refractivity contribution in [2.75, 3.05) is 0 Å². The lowest BCUT2D eigenvalue weighted by molar-refractivity contribution is 0.184. The van der Waals surface area contributed by atoms with E-state index in [1.165, 1.54) is 38.2 Å². The van der Waals surface area contributed by atoms with Crippen LogP contribution in [0, 0.1) is 24.6 Å². The van der Waals surface area contributed by atoms with Crippen molar-refractivity contribution in [2.24, 2.45) is 17.6 Å². The number of nitrogens with two attached hydrogens (primary N) is 1. The molecule has 0 amide bonds. The lowest BCUT2D eigenvalue weighted by Crippen LogP contribution is -2.30. The molecule has 2 aromatic rings. The first-order chi connectivity index (χ1) is 10.1. The molecular weight excluding hydrogens is 265 g/mol. The second-order valence-electron chi connectivity index (χ2n) is 6.37. The molecule has 1 fully saturated rings. The Labute approximate surface area is 125 Å². The quantitative estimate of drug-likeness (QED) is 0.854. The number of benzene rings is 1. The third kappa shape index (κ3) is 2.59. The smallest absolute Gasteiger partial charge is 0.134 e. The van der Waals surface area contributed by atoms with E-state index in [0.717, 1.165) is 22.3 Å². The molecule has 114 valence electrons. The number of hydrogen-bond donors (Lipinski definition) is 1. The van der Waals surface area contributed by atoms with Gasteiger partial charge in [-0.2, -0.15) is 0 Å². The second-order valence-corrected chi connectivity index (χ2v) is 6.37. The van der Waals surface area contributed by atoms with Crippen molar-refractivity contribution in [2.45, 2.75) is 52.0 Å². The first kappa shape index (κ1) is 14.6. The van der Waals surface area contributed by atoms with E-state index in [1.54, 1.807) is 12.1 Å². The van der Waals surface area contributed by atoms with Crippen LogP contribution < -0.4 is 5.73 Å². The van der Waals surface area contributed by atoms with E-state index in [2.05, 4.69) is 6.92 Å². The molecule has 3 heteroatoms. The van der Waals surface area contributed by atoms with Gasteiger partial charge in [0, 0.05) is 10.9 Å². The number of rotatable bonds is 3. The highest BCUT2D eigenvalue weighted by molar-refractivity contribution is 5.82. The molecule has 1 aromatic heterocycles. The summed E-state index contributed by atoms with van der Waals surface area (Å²) in [5.41, 5.74) is 8.29. The van der Waals surface area contributed by atoms with Crippen molar-refractivity contribution < 1.29 is 8.81 Å². The molecule has 3 atom stereocenters. The van der Waals surface area contributed by atoms with Gasteiger partial charge in [-0.15, -0.1) is 0 Å². The predicted molar refractivity (Wildman–Crippen MR) is 83.6 cm³/mol. The summed E-state index contributed by atoms with van der Waals surface area (Å²) in [6, 6.07) is 4.61. The van der Waals surface area contributed by atoms with Gasteiger partial charge in [-0.3, -0.25) is 0 Å². The van der Waals surface area contributed by atoms with Gasteiger partial charge in [0.05, 0.1) is 6.04 Å². The van der Waals surface area contributed by atoms with E-state index in [-0.39, 0.29) is 11.9 Å². The lowest BCUT2D eigenvalue weighted by atomic mass is 9.73. The zero-order chi connectivity index (χ0) is 15.0. The highest BCUT2D eigenvalue weighted by Crippen LogP contribution is 2.41. The van der Waals surface area contributed by atoms with Gasteiger partial charge >= 0.3 is 0 Å². The van der Waals surface area contributed by atoms with E-state index in [1.807, 2.05) is 6.92 Å². The molecule has 1 aliphatic rings. The monoisotopic (exact) mass is 289 g/mol. The maximum atomic E-state index is 13.4. The Balaban J connectivity index is 1.97. The standard InChI is InChI=1S/C18H24FNO/c1-3-12-6-4-5-7-14(12)17(20)18-11(2)15-10-13(19)8-9-16(15)21-18/h8-10,12,14,17H,3-7,20H2,1-2H3. The topological polar surface area (TPSA) is 39.2 Å². The third-order valence-electron chi connectivity index (χ3n) is 5.19. The summed E-state index contributed by atoms with van der Waals surface area (Å²) in [6.45, 7) is 4.24. The summed E-state index contributed by atoms with van der Waals surface area (Å²) in [5, 5.41) is 0.851. The van der Waals surface area contributed by atoms with Gasteiger partial charge in [-0.1, -0.05) is 32.6 Å².